The molecule has 2 aromatic carbocycles. The molecule has 0 saturated heterocycles. The van der Waals surface area contributed by atoms with Crippen LogP contribution in [0.25, 0.3) is 5.69 Å². The molecule has 0 unspecified atom stereocenters. The van der Waals surface area contributed by atoms with Gasteiger partial charge in [-0.05, 0) is 54.6 Å². The zero-order valence-corrected chi connectivity index (χ0v) is 13.8. The Morgan fingerprint density at radius 1 is 0.923 bits per heavy atom. The van der Waals surface area contributed by atoms with E-state index in [2.05, 4.69) is 10.6 Å². The smallest absolute Gasteiger partial charge is 0.255 e. The topological polar surface area (TPSA) is 86.9 Å². The van der Waals surface area contributed by atoms with Gasteiger partial charge in [0.15, 0.2) is 0 Å². The molecule has 3 rings (SSSR count). The van der Waals surface area contributed by atoms with Crippen LogP contribution in [0.1, 0.15) is 16.8 Å². The first-order valence-electron chi connectivity index (χ1n) is 7.97. The standard InChI is InChI=1S/C20H16N4O2/c21-11-10-19(25)22-16-4-3-5-17(14-16)23-20(26)15-6-8-18(9-7-15)24-12-1-2-13-24/h1-9,12-14H,10H2,(H,22,25)(H,23,26). The predicted octanol–water partition coefficient (Wildman–Crippen LogP) is 3.58. The number of rotatable bonds is 5. The Morgan fingerprint density at radius 3 is 2.23 bits per heavy atom. The van der Waals surface area contributed by atoms with Crippen molar-refractivity contribution in [2.75, 3.05) is 10.6 Å². The lowest BCUT2D eigenvalue weighted by Gasteiger charge is -2.09. The average Bonchev–Trinajstić information content (AvgIpc) is 3.17. The summed E-state index contributed by atoms with van der Waals surface area (Å²) in [4.78, 5) is 23.9. The van der Waals surface area contributed by atoms with Crippen LogP contribution in [0.5, 0.6) is 0 Å². The summed E-state index contributed by atoms with van der Waals surface area (Å²) in [5.41, 5.74) is 2.57. The average molecular weight is 344 g/mol. The number of nitrogens with zero attached hydrogens (tertiary/aromatic N) is 2. The number of carbonyl (C=O) groups is 2. The maximum Gasteiger partial charge on any atom is 0.255 e. The van der Waals surface area contributed by atoms with Gasteiger partial charge in [0.1, 0.15) is 6.42 Å². The van der Waals surface area contributed by atoms with Gasteiger partial charge in [0.2, 0.25) is 5.91 Å². The summed E-state index contributed by atoms with van der Waals surface area (Å²) >= 11 is 0. The molecular weight excluding hydrogens is 328 g/mol. The quantitative estimate of drug-likeness (QED) is 0.741. The van der Waals surface area contributed by atoms with Crippen LogP contribution in [-0.4, -0.2) is 16.4 Å². The Morgan fingerprint density at radius 2 is 1.58 bits per heavy atom. The van der Waals surface area contributed by atoms with E-state index in [9.17, 15) is 9.59 Å². The van der Waals surface area contributed by atoms with Crippen LogP contribution < -0.4 is 10.6 Å². The van der Waals surface area contributed by atoms with Gasteiger partial charge >= 0.3 is 0 Å². The van der Waals surface area contributed by atoms with E-state index in [1.807, 2.05) is 41.2 Å². The number of hydrogen-bond acceptors (Lipinski definition) is 3. The molecule has 2 amide bonds. The molecule has 0 aliphatic carbocycles. The fraction of sp³-hybridized carbons (Fsp3) is 0.0500. The van der Waals surface area contributed by atoms with Crippen molar-refractivity contribution < 1.29 is 9.59 Å². The van der Waals surface area contributed by atoms with Gasteiger partial charge in [0.05, 0.1) is 6.07 Å². The Bertz CT molecular complexity index is 954. The second-order valence-corrected chi connectivity index (χ2v) is 5.56. The molecule has 0 aliphatic heterocycles. The maximum atomic E-state index is 12.4. The van der Waals surface area contributed by atoms with E-state index < -0.39 is 5.91 Å². The Labute approximate surface area is 150 Å². The first-order chi connectivity index (χ1) is 12.7. The van der Waals surface area contributed by atoms with Gasteiger partial charge in [-0.3, -0.25) is 9.59 Å². The van der Waals surface area contributed by atoms with Crippen LogP contribution >= 0.6 is 0 Å². The van der Waals surface area contributed by atoms with Crippen LogP contribution in [0, 0.1) is 11.3 Å². The van der Waals surface area contributed by atoms with E-state index in [-0.39, 0.29) is 12.3 Å². The van der Waals surface area contributed by atoms with Crippen LogP contribution in [0.3, 0.4) is 0 Å². The highest BCUT2D eigenvalue weighted by Gasteiger charge is 2.08. The second-order valence-electron chi connectivity index (χ2n) is 5.56. The van der Waals surface area contributed by atoms with E-state index in [4.69, 9.17) is 5.26 Å². The molecule has 0 atom stereocenters. The number of nitrogens with one attached hydrogen (secondary N) is 2. The van der Waals surface area contributed by atoms with Gasteiger partial charge in [-0.15, -0.1) is 0 Å². The number of amides is 2. The fourth-order valence-electron chi connectivity index (χ4n) is 2.45. The lowest BCUT2D eigenvalue weighted by molar-refractivity contribution is -0.115. The largest absolute Gasteiger partial charge is 0.325 e. The molecular formula is C20H16N4O2. The highest BCUT2D eigenvalue weighted by atomic mass is 16.2. The minimum Gasteiger partial charge on any atom is -0.325 e. The molecule has 2 N–H and O–H groups in total. The first kappa shape index (κ1) is 17.0. The van der Waals surface area contributed by atoms with Gasteiger partial charge in [-0.1, -0.05) is 6.07 Å². The molecule has 0 saturated carbocycles. The van der Waals surface area contributed by atoms with Crippen molar-refractivity contribution in [2.24, 2.45) is 0 Å². The van der Waals surface area contributed by atoms with Crippen molar-refractivity contribution in [1.29, 1.82) is 5.26 Å². The van der Waals surface area contributed by atoms with Crippen molar-refractivity contribution in [3.63, 3.8) is 0 Å². The number of benzene rings is 2. The molecule has 0 spiro atoms. The molecule has 1 aromatic heterocycles. The zero-order chi connectivity index (χ0) is 18.4. The van der Waals surface area contributed by atoms with Crippen LogP contribution in [0.2, 0.25) is 0 Å². The molecule has 0 fully saturated rings. The Kier molecular flexibility index (Phi) is 5.11. The SMILES string of the molecule is N#CCC(=O)Nc1cccc(NC(=O)c2ccc(-n3cccc3)cc2)c1. The Hall–Kier alpha value is -3.85. The van der Waals surface area contributed by atoms with Crippen LogP contribution in [-0.2, 0) is 4.79 Å². The van der Waals surface area contributed by atoms with Crippen molar-refractivity contribution in [3.8, 4) is 11.8 Å². The third-order valence-corrected chi connectivity index (χ3v) is 3.68. The third-order valence-electron chi connectivity index (χ3n) is 3.68. The number of anilines is 2. The number of nitriles is 1. The summed E-state index contributed by atoms with van der Waals surface area (Å²) in [6, 6.07) is 19.7. The lowest BCUT2D eigenvalue weighted by atomic mass is 10.2. The molecule has 3 aromatic rings. The van der Waals surface area contributed by atoms with Gasteiger partial charge in [-0.25, -0.2) is 0 Å². The molecule has 0 aliphatic rings. The molecule has 6 nitrogen and oxygen atoms in total. The minimum atomic E-state index is -0.392. The normalized spacial score (nSPS) is 9.96. The van der Waals surface area contributed by atoms with E-state index in [1.165, 1.54) is 0 Å². The predicted molar refractivity (Wildman–Crippen MR) is 99.0 cm³/mol. The lowest BCUT2D eigenvalue weighted by Crippen LogP contribution is -2.13. The van der Waals surface area contributed by atoms with Crippen LogP contribution in [0.15, 0.2) is 73.1 Å². The number of hydrogen-bond donors (Lipinski definition) is 2. The summed E-state index contributed by atoms with van der Waals surface area (Å²) in [6.07, 6.45) is 3.65. The van der Waals surface area contributed by atoms with Gasteiger partial charge in [0.25, 0.3) is 5.91 Å². The monoisotopic (exact) mass is 344 g/mol. The molecule has 0 bridgehead atoms. The van der Waals surface area contributed by atoms with E-state index in [0.717, 1.165) is 5.69 Å². The van der Waals surface area contributed by atoms with Crippen molar-refractivity contribution in [1.82, 2.24) is 4.57 Å². The first-order valence-corrected chi connectivity index (χ1v) is 7.97. The molecule has 128 valence electrons. The zero-order valence-electron chi connectivity index (χ0n) is 13.8. The number of carbonyl (C=O) groups excluding carboxylic acids is 2. The minimum absolute atomic E-state index is 0.218. The fourth-order valence-corrected chi connectivity index (χ4v) is 2.45. The molecule has 1 heterocycles. The third kappa shape index (κ3) is 4.16. The van der Waals surface area contributed by atoms with E-state index >= 15 is 0 Å². The number of aromatic nitrogens is 1. The van der Waals surface area contributed by atoms with Gasteiger partial charge < -0.3 is 15.2 Å². The summed E-state index contributed by atoms with van der Waals surface area (Å²) in [6.45, 7) is 0. The molecule has 26 heavy (non-hydrogen) atoms. The summed E-state index contributed by atoms with van der Waals surface area (Å²) < 4.78 is 1.95. The molecule has 6 heteroatoms. The summed E-state index contributed by atoms with van der Waals surface area (Å²) in [5, 5.41) is 13.9. The van der Waals surface area contributed by atoms with Gasteiger partial charge in [-0.2, -0.15) is 5.26 Å². The highest BCUT2D eigenvalue weighted by Crippen LogP contribution is 2.17. The van der Waals surface area contributed by atoms with Gasteiger partial charge in [0, 0.05) is 35.0 Å². The summed E-state index contributed by atoms with van der Waals surface area (Å²) in [5.74, 6) is -0.638. The van der Waals surface area contributed by atoms with Crippen LogP contribution in [0.4, 0.5) is 11.4 Å². The van der Waals surface area contributed by atoms with Crippen molar-refractivity contribution >= 4 is 23.2 Å². The molecule has 0 radical (unpaired) electrons. The highest BCUT2D eigenvalue weighted by molar-refractivity contribution is 6.04. The Balaban J connectivity index is 1.68. The van der Waals surface area contributed by atoms with E-state index in [0.29, 0.717) is 16.9 Å². The van der Waals surface area contributed by atoms with Crippen molar-refractivity contribution in [3.05, 3.63) is 78.6 Å². The summed E-state index contributed by atoms with van der Waals surface area (Å²) in [7, 11) is 0. The van der Waals surface area contributed by atoms with Crippen molar-refractivity contribution in [2.45, 2.75) is 6.42 Å². The van der Waals surface area contributed by atoms with E-state index in [1.54, 1.807) is 42.5 Å². The second kappa shape index (κ2) is 7.81. The maximum absolute atomic E-state index is 12.4.